The van der Waals surface area contributed by atoms with E-state index in [1.807, 2.05) is 0 Å². The Bertz CT molecular complexity index is 214. The van der Waals surface area contributed by atoms with Gasteiger partial charge in [-0.2, -0.15) is 0 Å². The normalized spacial score (nSPS) is 36.0. The highest BCUT2D eigenvalue weighted by molar-refractivity contribution is 4.84. The first-order chi connectivity index (χ1) is 8.29. The zero-order valence-corrected chi connectivity index (χ0v) is 11.5. The fraction of sp³-hybridized carbons (Fsp3) is 1.00. The van der Waals surface area contributed by atoms with Crippen LogP contribution in [0.25, 0.3) is 0 Å². The molecule has 0 spiro atoms. The van der Waals surface area contributed by atoms with Crippen LogP contribution in [0.1, 0.15) is 46.0 Å². The van der Waals surface area contributed by atoms with Crippen molar-refractivity contribution in [3.63, 3.8) is 0 Å². The number of hydrogen-bond acceptors (Lipinski definition) is 3. The number of ether oxygens (including phenoxy) is 1. The quantitative estimate of drug-likeness (QED) is 0.813. The summed E-state index contributed by atoms with van der Waals surface area (Å²) in [4.78, 5) is 2.66. The van der Waals surface area contributed by atoms with Crippen molar-refractivity contribution in [3.8, 4) is 0 Å². The molecular formula is C14H28N2O. The second-order valence-electron chi connectivity index (χ2n) is 5.64. The number of nitrogens with one attached hydrogen (secondary N) is 1. The molecule has 1 saturated heterocycles. The van der Waals surface area contributed by atoms with Crippen molar-refractivity contribution in [3.05, 3.63) is 0 Å². The lowest BCUT2D eigenvalue weighted by Gasteiger charge is -2.40. The van der Waals surface area contributed by atoms with E-state index in [2.05, 4.69) is 24.1 Å². The molecule has 0 aromatic carbocycles. The highest BCUT2D eigenvalue weighted by Gasteiger charge is 2.28. The molecule has 17 heavy (non-hydrogen) atoms. The van der Waals surface area contributed by atoms with Crippen LogP contribution in [0.15, 0.2) is 0 Å². The molecule has 3 nitrogen and oxygen atoms in total. The summed E-state index contributed by atoms with van der Waals surface area (Å²) >= 11 is 0. The molecule has 0 radical (unpaired) electrons. The molecule has 0 bridgehead atoms. The van der Waals surface area contributed by atoms with Gasteiger partial charge in [-0.05, 0) is 45.6 Å². The predicted molar refractivity (Wildman–Crippen MR) is 71.3 cm³/mol. The number of rotatable bonds is 4. The van der Waals surface area contributed by atoms with Gasteiger partial charge in [-0.3, -0.25) is 4.90 Å². The van der Waals surface area contributed by atoms with Crippen LogP contribution in [0.5, 0.6) is 0 Å². The van der Waals surface area contributed by atoms with E-state index in [4.69, 9.17) is 4.74 Å². The molecule has 0 amide bonds. The minimum absolute atomic E-state index is 0.430. The highest BCUT2D eigenvalue weighted by atomic mass is 16.5. The molecule has 2 rings (SSSR count). The van der Waals surface area contributed by atoms with Gasteiger partial charge in [0.1, 0.15) is 0 Å². The Balaban J connectivity index is 1.71. The molecule has 1 heterocycles. The third kappa shape index (κ3) is 3.94. The molecule has 1 N–H and O–H groups in total. The lowest BCUT2D eigenvalue weighted by atomic mass is 9.89. The van der Waals surface area contributed by atoms with Crippen LogP contribution in [0.2, 0.25) is 0 Å². The van der Waals surface area contributed by atoms with Gasteiger partial charge in [0.25, 0.3) is 0 Å². The summed E-state index contributed by atoms with van der Waals surface area (Å²) in [5, 5.41) is 3.66. The fourth-order valence-corrected chi connectivity index (χ4v) is 3.17. The topological polar surface area (TPSA) is 24.5 Å². The van der Waals surface area contributed by atoms with Crippen molar-refractivity contribution >= 4 is 0 Å². The van der Waals surface area contributed by atoms with E-state index in [0.717, 1.165) is 31.8 Å². The van der Waals surface area contributed by atoms with Gasteiger partial charge >= 0.3 is 0 Å². The maximum atomic E-state index is 5.62. The summed E-state index contributed by atoms with van der Waals surface area (Å²) in [7, 11) is 0. The fourth-order valence-electron chi connectivity index (χ4n) is 3.17. The number of morpholine rings is 1. The lowest BCUT2D eigenvalue weighted by Crippen LogP contribution is -2.49. The lowest BCUT2D eigenvalue weighted by molar-refractivity contribution is -0.0403. The molecule has 3 heteroatoms. The predicted octanol–water partition coefficient (Wildman–Crippen LogP) is 2.02. The molecular weight excluding hydrogens is 212 g/mol. The Kier molecular flexibility index (Phi) is 5.26. The van der Waals surface area contributed by atoms with Gasteiger partial charge in [0, 0.05) is 25.2 Å². The van der Waals surface area contributed by atoms with Gasteiger partial charge in [0.15, 0.2) is 0 Å². The third-order valence-corrected chi connectivity index (χ3v) is 4.17. The van der Waals surface area contributed by atoms with E-state index in [1.54, 1.807) is 0 Å². The summed E-state index contributed by atoms with van der Waals surface area (Å²) in [5.41, 5.74) is 0. The van der Waals surface area contributed by atoms with E-state index in [9.17, 15) is 0 Å². The Morgan fingerprint density at radius 2 is 2.00 bits per heavy atom. The molecule has 1 aliphatic heterocycles. The van der Waals surface area contributed by atoms with Crippen LogP contribution in [0.3, 0.4) is 0 Å². The van der Waals surface area contributed by atoms with Crippen LogP contribution in [0, 0.1) is 0 Å². The van der Waals surface area contributed by atoms with Crippen LogP contribution >= 0.6 is 0 Å². The van der Waals surface area contributed by atoms with Crippen LogP contribution < -0.4 is 5.32 Å². The Hall–Kier alpha value is -0.120. The average molecular weight is 240 g/mol. The van der Waals surface area contributed by atoms with Gasteiger partial charge in [-0.1, -0.05) is 6.92 Å². The molecule has 100 valence electrons. The van der Waals surface area contributed by atoms with Gasteiger partial charge < -0.3 is 10.1 Å². The van der Waals surface area contributed by atoms with E-state index in [-0.39, 0.29) is 0 Å². The number of hydrogen-bond donors (Lipinski definition) is 1. The zero-order chi connectivity index (χ0) is 12.1. The summed E-state index contributed by atoms with van der Waals surface area (Å²) in [5.74, 6) is 0. The van der Waals surface area contributed by atoms with E-state index < -0.39 is 0 Å². The summed E-state index contributed by atoms with van der Waals surface area (Å²) in [6, 6.07) is 1.60. The highest BCUT2D eigenvalue weighted by Crippen LogP contribution is 2.24. The zero-order valence-electron chi connectivity index (χ0n) is 11.5. The van der Waals surface area contributed by atoms with Crippen molar-refractivity contribution in [2.24, 2.45) is 0 Å². The van der Waals surface area contributed by atoms with Gasteiger partial charge in [0.05, 0.1) is 12.7 Å². The minimum atomic E-state index is 0.430. The van der Waals surface area contributed by atoms with Crippen LogP contribution in [-0.4, -0.2) is 49.3 Å². The molecule has 0 aromatic rings. The summed E-state index contributed by atoms with van der Waals surface area (Å²) in [6.07, 6.45) is 7.13. The Labute approximate surface area is 106 Å². The molecule has 2 aliphatic rings. The maximum absolute atomic E-state index is 5.62. The van der Waals surface area contributed by atoms with E-state index >= 15 is 0 Å². The van der Waals surface area contributed by atoms with E-state index in [1.165, 1.54) is 38.6 Å². The SMILES string of the molecule is CCCNC1CCC(N2CCOC(C)C2)CC1. The minimum Gasteiger partial charge on any atom is -0.376 e. The van der Waals surface area contributed by atoms with E-state index in [0.29, 0.717) is 6.10 Å². The largest absolute Gasteiger partial charge is 0.376 e. The molecule has 1 atom stereocenters. The first kappa shape index (κ1) is 13.3. The second kappa shape index (κ2) is 6.72. The number of nitrogens with zero attached hydrogens (tertiary/aromatic N) is 1. The van der Waals surface area contributed by atoms with Gasteiger partial charge in [-0.25, -0.2) is 0 Å². The molecule has 1 saturated carbocycles. The van der Waals surface area contributed by atoms with Crippen molar-refractivity contribution in [1.82, 2.24) is 10.2 Å². The van der Waals surface area contributed by atoms with Gasteiger partial charge in [-0.15, -0.1) is 0 Å². The standard InChI is InChI=1S/C14H28N2O/c1-3-8-15-13-4-6-14(7-5-13)16-9-10-17-12(2)11-16/h12-15H,3-11H2,1-2H3. The van der Waals surface area contributed by atoms with Crippen molar-refractivity contribution < 1.29 is 4.74 Å². The van der Waals surface area contributed by atoms with Crippen molar-refractivity contribution in [2.75, 3.05) is 26.2 Å². The Morgan fingerprint density at radius 1 is 1.24 bits per heavy atom. The maximum Gasteiger partial charge on any atom is 0.0674 e. The summed E-state index contributed by atoms with van der Waals surface area (Å²) < 4.78 is 5.62. The smallest absolute Gasteiger partial charge is 0.0674 e. The molecule has 2 fully saturated rings. The molecule has 1 aliphatic carbocycles. The van der Waals surface area contributed by atoms with Crippen molar-refractivity contribution in [1.29, 1.82) is 0 Å². The second-order valence-corrected chi connectivity index (χ2v) is 5.64. The first-order valence-corrected chi connectivity index (χ1v) is 7.38. The first-order valence-electron chi connectivity index (χ1n) is 7.38. The monoisotopic (exact) mass is 240 g/mol. The molecule has 1 unspecified atom stereocenters. The summed E-state index contributed by atoms with van der Waals surface area (Å²) in [6.45, 7) is 8.83. The van der Waals surface area contributed by atoms with Crippen LogP contribution in [-0.2, 0) is 4.74 Å². The average Bonchev–Trinajstić information content (AvgIpc) is 2.37. The third-order valence-electron chi connectivity index (χ3n) is 4.17. The molecule has 0 aromatic heterocycles. The Morgan fingerprint density at radius 3 is 2.65 bits per heavy atom. The van der Waals surface area contributed by atoms with Crippen molar-refractivity contribution in [2.45, 2.75) is 64.1 Å². The van der Waals surface area contributed by atoms with Gasteiger partial charge in [0.2, 0.25) is 0 Å². The van der Waals surface area contributed by atoms with Crippen LogP contribution in [0.4, 0.5) is 0 Å².